The van der Waals surface area contributed by atoms with Crippen LogP contribution in [0.5, 0.6) is 0 Å². The molecular weight excluding hydrogens is 406 g/mol. The summed E-state index contributed by atoms with van der Waals surface area (Å²) in [7, 11) is 0. The lowest BCUT2D eigenvalue weighted by atomic mass is 9.43. The minimum Gasteiger partial charge on any atom is -0.465 e. The lowest BCUT2D eigenvalue weighted by molar-refractivity contribution is -0.209. The normalized spacial score (nSPS) is 51.7. The Morgan fingerprint density at radius 1 is 1.06 bits per heavy atom. The predicted molar refractivity (Wildman–Crippen MR) is 126 cm³/mol. The van der Waals surface area contributed by atoms with E-state index in [0.717, 1.165) is 43.4 Å². The summed E-state index contributed by atoms with van der Waals surface area (Å²) in [4.78, 5) is 11.8. The van der Waals surface area contributed by atoms with Gasteiger partial charge < -0.3 is 15.6 Å². The Bertz CT molecular complexity index is 702. The van der Waals surface area contributed by atoms with E-state index in [1.807, 2.05) is 0 Å². The van der Waals surface area contributed by atoms with Crippen molar-refractivity contribution >= 4 is 17.7 Å². The summed E-state index contributed by atoms with van der Waals surface area (Å²) >= 11 is 2.17. The summed E-state index contributed by atoms with van der Waals surface area (Å²) in [5.74, 6) is 3.86. The first-order chi connectivity index (χ1) is 14.8. The molecule has 0 radical (unpaired) electrons. The number of carbonyl (C=O) groups excluding carboxylic acids is 1. The topological polar surface area (TPSA) is 72.5 Å². The molecule has 1 heterocycles. The van der Waals surface area contributed by atoms with Gasteiger partial charge in [-0.3, -0.25) is 4.79 Å². The number of rotatable bonds is 5. The number of thioether (sulfide) groups is 1. The molecule has 0 aromatic rings. The van der Waals surface area contributed by atoms with Crippen LogP contribution >= 0.6 is 11.8 Å². The van der Waals surface area contributed by atoms with Gasteiger partial charge in [-0.2, -0.15) is 11.8 Å². The molecule has 176 valence electrons. The van der Waals surface area contributed by atoms with Crippen molar-refractivity contribution in [3.05, 3.63) is 0 Å². The summed E-state index contributed by atoms with van der Waals surface area (Å²) in [6.45, 7) is 6.33. The standard InChI is InChI=1S/C26H43NO3S/c1-24-9-6-19(31-13-3-12-27)15-18(24)4-5-22-21(24)7-10-25(2)20(8-11-26(22,25)29)17-14-23(28)30-16-17/h17-22,29H,3-16,27H2,1-2H3/t17-,18+,19-,20+,21-,22+,24-,25+,26-/m0/s1. The van der Waals surface area contributed by atoms with Crippen LogP contribution in [0.25, 0.3) is 0 Å². The number of carbonyl (C=O) groups is 1. The number of hydrogen-bond acceptors (Lipinski definition) is 5. The molecule has 5 aliphatic rings. The number of nitrogens with two attached hydrogens (primary N) is 1. The molecule has 0 unspecified atom stereocenters. The number of ether oxygens (including phenoxy) is 1. The zero-order valence-electron chi connectivity index (χ0n) is 19.6. The van der Waals surface area contributed by atoms with Gasteiger partial charge in [0.25, 0.3) is 0 Å². The van der Waals surface area contributed by atoms with Gasteiger partial charge in [0.15, 0.2) is 0 Å². The van der Waals surface area contributed by atoms with E-state index >= 15 is 0 Å². The maximum absolute atomic E-state index is 12.3. The van der Waals surface area contributed by atoms with Gasteiger partial charge >= 0.3 is 5.97 Å². The second-order valence-corrected chi connectivity index (χ2v) is 13.5. The van der Waals surface area contributed by atoms with Crippen molar-refractivity contribution in [2.24, 2.45) is 46.2 Å². The van der Waals surface area contributed by atoms with Gasteiger partial charge in [0.05, 0.1) is 18.6 Å². The van der Waals surface area contributed by atoms with E-state index in [1.165, 1.54) is 44.3 Å². The lowest BCUT2D eigenvalue weighted by Crippen LogP contribution is -2.62. The maximum Gasteiger partial charge on any atom is 0.306 e. The molecule has 9 atom stereocenters. The van der Waals surface area contributed by atoms with Crippen LogP contribution in [0.3, 0.4) is 0 Å². The third kappa shape index (κ3) is 3.43. The first-order valence-electron chi connectivity index (χ1n) is 13.0. The molecule has 3 N–H and O–H groups in total. The van der Waals surface area contributed by atoms with Crippen LogP contribution in [0.1, 0.15) is 84.5 Å². The summed E-state index contributed by atoms with van der Waals surface area (Å²) < 4.78 is 5.34. The largest absolute Gasteiger partial charge is 0.465 e. The minimum absolute atomic E-state index is 0.0353. The molecule has 0 spiro atoms. The van der Waals surface area contributed by atoms with E-state index in [9.17, 15) is 9.90 Å². The van der Waals surface area contributed by atoms with E-state index in [-0.39, 0.29) is 11.4 Å². The average Bonchev–Trinajstić information content (AvgIpc) is 3.28. The number of cyclic esters (lactones) is 1. The number of hydrogen-bond donors (Lipinski definition) is 2. The highest BCUT2D eigenvalue weighted by Crippen LogP contribution is 2.70. The third-order valence-electron chi connectivity index (χ3n) is 11.0. The quantitative estimate of drug-likeness (QED) is 0.467. The van der Waals surface area contributed by atoms with Crippen LogP contribution in [0.2, 0.25) is 0 Å². The van der Waals surface area contributed by atoms with Crippen LogP contribution in [0.15, 0.2) is 0 Å². The van der Waals surface area contributed by atoms with E-state index in [1.54, 1.807) is 0 Å². The summed E-state index contributed by atoms with van der Waals surface area (Å²) in [5.41, 5.74) is 5.51. The number of aliphatic hydroxyl groups is 1. The van der Waals surface area contributed by atoms with Gasteiger partial charge in [-0.15, -0.1) is 0 Å². The third-order valence-corrected chi connectivity index (χ3v) is 12.5. The van der Waals surface area contributed by atoms with Crippen LogP contribution in [-0.4, -0.2) is 40.8 Å². The zero-order chi connectivity index (χ0) is 21.9. The second kappa shape index (κ2) is 8.20. The van der Waals surface area contributed by atoms with Gasteiger partial charge in [0, 0.05) is 11.2 Å². The van der Waals surface area contributed by atoms with E-state index in [0.29, 0.717) is 42.1 Å². The Kier molecular flexibility index (Phi) is 5.96. The van der Waals surface area contributed by atoms with Crippen LogP contribution in [0, 0.1) is 40.4 Å². The Morgan fingerprint density at radius 2 is 1.87 bits per heavy atom. The molecule has 1 aliphatic heterocycles. The maximum atomic E-state index is 12.3. The van der Waals surface area contributed by atoms with Crippen molar-refractivity contribution in [3.63, 3.8) is 0 Å². The first-order valence-corrected chi connectivity index (χ1v) is 14.1. The van der Waals surface area contributed by atoms with Crippen molar-refractivity contribution in [2.45, 2.75) is 95.3 Å². The Labute approximate surface area is 192 Å². The van der Waals surface area contributed by atoms with Crippen LogP contribution in [-0.2, 0) is 9.53 Å². The molecule has 4 aliphatic carbocycles. The predicted octanol–water partition coefficient (Wildman–Crippen LogP) is 4.77. The molecule has 5 fully saturated rings. The fourth-order valence-corrected chi connectivity index (χ4v) is 10.6. The first kappa shape index (κ1) is 22.5. The minimum atomic E-state index is -0.549. The molecule has 0 amide bonds. The molecule has 4 saturated carbocycles. The van der Waals surface area contributed by atoms with Crippen molar-refractivity contribution in [1.29, 1.82) is 0 Å². The Morgan fingerprint density at radius 3 is 2.61 bits per heavy atom. The second-order valence-electron chi connectivity index (χ2n) is 12.1. The van der Waals surface area contributed by atoms with Crippen molar-refractivity contribution in [2.75, 3.05) is 18.9 Å². The molecule has 4 nitrogen and oxygen atoms in total. The van der Waals surface area contributed by atoms with Gasteiger partial charge in [-0.25, -0.2) is 0 Å². The molecule has 1 saturated heterocycles. The highest BCUT2D eigenvalue weighted by atomic mass is 32.2. The fraction of sp³-hybridized carbons (Fsp3) is 0.962. The SMILES string of the molecule is C[C@]12CC[C@H](SCCCN)C[C@H]1CC[C@@H]1[C@@H]2CC[C@]2(C)[C@@H]([C@@H]3COC(=O)C3)CC[C@]12O. The summed E-state index contributed by atoms with van der Waals surface area (Å²) in [5, 5.41) is 13.1. The van der Waals surface area contributed by atoms with E-state index in [4.69, 9.17) is 10.5 Å². The van der Waals surface area contributed by atoms with E-state index in [2.05, 4.69) is 25.6 Å². The zero-order valence-corrected chi connectivity index (χ0v) is 20.4. The highest BCUT2D eigenvalue weighted by molar-refractivity contribution is 7.99. The molecule has 5 heteroatoms. The molecule has 31 heavy (non-hydrogen) atoms. The molecule has 0 aromatic carbocycles. The van der Waals surface area contributed by atoms with Gasteiger partial charge in [0.1, 0.15) is 0 Å². The average molecular weight is 450 g/mol. The van der Waals surface area contributed by atoms with Gasteiger partial charge in [-0.1, -0.05) is 13.8 Å². The van der Waals surface area contributed by atoms with Crippen LogP contribution in [0.4, 0.5) is 0 Å². The van der Waals surface area contributed by atoms with Crippen molar-refractivity contribution < 1.29 is 14.6 Å². The molecule has 0 bridgehead atoms. The summed E-state index contributed by atoms with van der Waals surface area (Å²) in [6, 6.07) is 0. The van der Waals surface area contributed by atoms with Gasteiger partial charge in [-0.05, 0) is 111 Å². The smallest absolute Gasteiger partial charge is 0.306 e. The molecule has 0 aromatic heterocycles. The Hall–Kier alpha value is -0.260. The van der Waals surface area contributed by atoms with Crippen LogP contribution < -0.4 is 5.73 Å². The molecule has 5 rings (SSSR count). The van der Waals surface area contributed by atoms with Crippen molar-refractivity contribution in [3.8, 4) is 0 Å². The van der Waals surface area contributed by atoms with Crippen molar-refractivity contribution in [1.82, 2.24) is 0 Å². The highest BCUT2D eigenvalue weighted by Gasteiger charge is 2.68. The molecular formula is C26H43NO3S. The lowest BCUT2D eigenvalue weighted by Gasteiger charge is -2.64. The fourth-order valence-electron chi connectivity index (χ4n) is 9.26. The van der Waals surface area contributed by atoms with E-state index < -0.39 is 5.60 Å². The number of esters is 1. The Balaban J connectivity index is 1.32. The number of fused-ring (bicyclic) bond motifs is 5. The summed E-state index contributed by atoms with van der Waals surface area (Å²) in [6.07, 6.45) is 12.6. The van der Waals surface area contributed by atoms with Gasteiger partial charge in [0.2, 0.25) is 0 Å². The monoisotopic (exact) mass is 449 g/mol.